The number of benzene rings is 1. The van der Waals surface area contributed by atoms with E-state index in [2.05, 4.69) is 36.1 Å². The van der Waals surface area contributed by atoms with Crippen molar-refractivity contribution in [2.24, 2.45) is 5.41 Å². The lowest BCUT2D eigenvalue weighted by molar-refractivity contribution is -0.164. The van der Waals surface area contributed by atoms with Crippen LogP contribution < -0.4 is 0 Å². The lowest BCUT2D eigenvalue weighted by atomic mass is 9.74. The summed E-state index contributed by atoms with van der Waals surface area (Å²) in [5.74, 6) is -0.868. The van der Waals surface area contributed by atoms with Gasteiger partial charge < -0.3 is 10.2 Å². The number of piperidine rings is 1. The van der Waals surface area contributed by atoms with Crippen molar-refractivity contribution in [2.45, 2.75) is 52.2 Å². The molecule has 0 bridgehead atoms. The van der Waals surface area contributed by atoms with Gasteiger partial charge in [0.15, 0.2) is 0 Å². The highest BCUT2D eigenvalue weighted by molar-refractivity contribution is 5.76. The zero-order valence-electron chi connectivity index (χ0n) is 13.6. The van der Waals surface area contributed by atoms with Gasteiger partial charge in [0.05, 0.1) is 6.10 Å². The van der Waals surface area contributed by atoms with Crippen LogP contribution >= 0.6 is 0 Å². The van der Waals surface area contributed by atoms with Gasteiger partial charge in [-0.15, -0.1) is 0 Å². The number of nitrogens with zero attached hydrogens (tertiary/aromatic N) is 1. The van der Waals surface area contributed by atoms with Gasteiger partial charge >= 0.3 is 5.97 Å². The van der Waals surface area contributed by atoms with Crippen molar-refractivity contribution < 1.29 is 15.0 Å². The van der Waals surface area contributed by atoms with E-state index < -0.39 is 17.5 Å². The molecule has 2 rings (SSSR count). The smallest absolute Gasteiger partial charge is 0.313 e. The van der Waals surface area contributed by atoms with Gasteiger partial charge in [-0.05, 0) is 30.4 Å². The van der Waals surface area contributed by atoms with Crippen LogP contribution in [0, 0.1) is 5.41 Å². The molecule has 1 aromatic rings. The third kappa shape index (κ3) is 3.50. The van der Waals surface area contributed by atoms with E-state index in [4.69, 9.17) is 0 Å². The van der Waals surface area contributed by atoms with Gasteiger partial charge in [-0.2, -0.15) is 0 Å². The molecule has 1 aromatic carbocycles. The van der Waals surface area contributed by atoms with Gasteiger partial charge in [0.1, 0.15) is 5.41 Å². The minimum absolute atomic E-state index is 0.423. The van der Waals surface area contributed by atoms with Crippen LogP contribution in [0.5, 0.6) is 0 Å². The molecule has 0 aliphatic carbocycles. The fraction of sp³-hybridized carbons (Fsp3) is 0.611. The van der Waals surface area contributed by atoms with Crippen LogP contribution in [-0.2, 0) is 17.8 Å². The Morgan fingerprint density at radius 1 is 1.27 bits per heavy atom. The van der Waals surface area contributed by atoms with Gasteiger partial charge in [0.25, 0.3) is 0 Å². The van der Waals surface area contributed by atoms with Gasteiger partial charge in [0.2, 0.25) is 0 Å². The van der Waals surface area contributed by atoms with E-state index in [-0.39, 0.29) is 0 Å². The minimum atomic E-state index is -1.02. The van der Waals surface area contributed by atoms with Gasteiger partial charge in [-0.1, -0.05) is 44.5 Å². The molecule has 1 heterocycles. The average Bonchev–Trinajstić information content (AvgIpc) is 2.51. The number of carbonyl (C=O) groups is 1. The lowest BCUT2D eigenvalue weighted by Gasteiger charge is -2.43. The maximum Gasteiger partial charge on any atom is 0.313 e. The first-order valence-corrected chi connectivity index (χ1v) is 8.23. The summed E-state index contributed by atoms with van der Waals surface area (Å²) in [5.41, 5.74) is 1.49. The summed E-state index contributed by atoms with van der Waals surface area (Å²) in [7, 11) is 0. The van der Waals surface area contributed by atoms with Crippen molar-refractivity contribution in [3.8, 4) is 0 Å². The molecule has 1 aliphatic rings. The number of aliphatic hydroxyl groups is 1. The van der Waals surface area contributed by atoms with E-state index in [0.717, 1.165) is 25.9 Å². The van der Waals surface area contributed by atoms with Crippen LogP contribution in [0.3, 0.4) is 0 Å². The van der Waals surface area contributed by atoms with E-state index in [9.17, 15) is 15.0 Å². The molecule has 0 amide bonds. The number of aliphatic hydroxyl groups excluding tert-OH is 1. The summed E-state index contributed by atoms with van der Waals surface area (Å²) in [5, 5.41) is 19.9. The fourth-order valence-corrected chi connectivity index (χ4v) is 3.45. The number of carboxylic acids is 1. The molecule has 4 heteroatoms. The van der Waals surface area contributed by atoms with Crippen LogP contribution in [0.2, 0.25) is 0 Å². The van der Waals surface area contributed by atoms with Crippen molar-refractivity contribution in [2.75, 3.05) is 13.1 Å². The van der Waals surface area contributed by atoms with Crippen LogP contribution in [-0.4, -0.2) is 40.3 Å². The van der Waals surface area contributed by atoms with Crippen LogP contribution in [0.25, 0.3) is 0 Å². The number of aliphatic carboxylic acids is 1. The van der Waals surface area contributed by atoms with Crippen molar-refractivity contribution >= 4 is 5.97 Å². The fourth-order valence-electron chi connectivity index (χ4n) is 3.45. The Bertz CT molecular complexity index is 500. The van der Waals surface area contributed by atoms with E-state index in [0.29, 0.717) is 19.4 Å². The second kappa shape index (κ2) is 7.25. The molecule has 22 heavy (non-hydrogen) atoms. The predicted octanol–water partition coefficient (Wildman–Crippen LogP) is 2.69. The van der Waals surface area contributed by atoms with Crippen molar-refractivity contribution in [3.05, 3.63) is 35.4 Å². The zero-order chi connectivity index (χ0) is 16.2. The standard InChI is InChI=1S/C18H27NO3/c1-3-10-18(17(21)22)13-19(11-9-16(18)20)12-15-7-5-14(4-2)6-8-15/h5-8,16,20H,3-4,9-13H2,1-2H3,(H,21,22)/t16-,18+/m0/s1. The Morgan fingerprint density at radius 2 is 1.91 bits per heavy atom. The van der Waals surface area contributed by atoms with Gasteiger partial charge in [-0.3, -0.25) is 9.69 Å². The Morgan fingerprint density at radius 3 is 2.45 bits per heavy atom. The predicted molar refractivity (Wildman–Crippen MR) is 86.7 cm³/mol. The summed E-state index contributed by atoms with van der Waals surface area (Å²) in [6.07, 6.45) is 2.09. The molecule has 1 saturated heterocycles. The molecule has 0 aromatic heterocycles. The molecule has 1 fully saturated rings. The minimum Gasteiger partial charge on any atom is -0.481 e. The molecule has 0 spiro atoms. The maximum absolute atomic E-state index is 11.8. The molecule has 0 radical (unpaired) electrons. The monoisotopic (exact) mass is 305 g/mol. The maximum atomic E-state index is 11.8. The molecule has 0 unspecified atom stereocenters. The second-order valence-electron chi connectivity index (χ2n) is 6.40. The van der Waals surface area contributed by atoms with Gasteiger partial charge in [0, 0.05) is 19.6 Å². The normalized spacial score (nSPS) is 26.0. The quantitative estimate of drug-likeness (QED) is 0.848. The summed E-state index contributed by atoms with van der Waals surface area (Å²) < 4.78 is 0. The largest absolute Gasteiger partial charge is 0.481 e. The summed E-state index contributed by atoms with van der Waals surface area (Å²) >= 11 is 0. The number of rotatable bonds is 6. The first-order chi connectivity index (χ1) is 10.5. The first-order valence-electron chi connectivity index (χ1n) is 8.23. The summed E-state index contributed by atoms with van der Waals surface area (Å²) in [6.45, 7) is 6.02. The van der Waals surface area contributed by atoms with Crippen molar-refractivity contribution in [1.82, 2.24) is 4.90 Å². The molecule has 1 aliphatic heterocycles. The number of likely N-dealkylation sites (tertiary alicyclic amines) is 1. The molecule has 2 N–H and O–H groups in total. The van der Waals surface area contributed by atoms with E-state index in [1.807, 2.05) is 6.92 Å². The highest BCUT2D eigenvalue weighted by Gasteiger charge is 2.48. The van der Waals surface area contributed by atoms with E-state index >= 15 is 0 Å². The van der Waals surface area contributed by atoms with Crippen LogP contribution in [0.4, 0.5) is 0 Å². The number of hydrogen-bond acceptors (Lipinski definition) is 3. The number of hydrogen-bond donors (Lipinski definition) is 2. The number of carboxylic acid groups (broad SMARTS) is 1. The Kier molecular flexibility index (Phi) is 5.59. The molecular weight excluding hydrogens is 278 g/mol. The number of aryl methyl sites for hydroxylation is 1. The third-order valence-corrected chi connectivity index (χ3v) is 4.82. The second-order valence-corrected chi connectivity index (χ2v) is 6.40. The first kappa shape index (κ1) is 17.0. The van der Waals surface area contributed by atoms with Crippen molar-refractivity contribution in [3.63, 3.8) is 0 Å². The average molecular weight is 305 g/mol. The molecule has 0 saturated carbocycles. The highest BCUT2D eigenvalue weighted by Crippen LogP contribution is 2.36. The lowest BCUT2D eigenvalue weighted by Crippen LogP contribution is -2.55. The van der Waals surface area contributed by atoms with Gasteiger partial charge in [-0.25, -0.2) is 0 Å². The van der Waals surface area contributed by atoms with E-state index in [1.165, 1.54) is 11.1 Å². The molecular formula is C18H27NO3. The Labute approximate surface area is 132 Å². The Balaban J connectivity index is 2.10. The van der Waals surface area contributed by atoms with Crippen LogP contribution in [0.15, 0.2) is 24.3 Å². The Hall–Kier alpha value is -1.39. The zero-order valence-corrected chi connectivity index (χ0v) is 13.6. The summed E-state index contributed by atoms with van der Waals surface area (Å²) in [6, 6.07) is 8.49. The van der Waals surface area contributed by atoms with E-state index in [1.54, 1.807) is 0 Å². The SMILES string of the molecule is CCC[C@@]1(C(=O)O)CN(Cc2ccc(CC)cc2)CC[C@@H]1O. The highest BCUT2D eigenvalue weighted by atomic mass is 16.4. The van der Waals surface area contributed by atoms with Crippen LogP contribution in [0.1, 0.15) is 44.2 Å². The molecule has 2 atom stereocenters. The van der Waals surface area contributed by atoms with Crippen molar-refractivity contribution in [1.29, 1.82) is 0 Å². The summed E-state index contributed by atoms with van der Waals surface area (Å²) in [4.78, 5) is 13.9. The topological polar surface area (TPSA) is 60.8 Å². The molecule has 122 valence electrons. The third-order valence-electron chi connectivity index (χ3n) is 4.82. The molecule has 4 nitrogen and oxygen atoms in total.